The molecule has 0 spiro atoms. The van der Waals surface area contributed by atoms with Gasteiger partial charge in [-0.15, -0.1) is 11.3 Å². The van der Waals surface area contributed by atoms with Crippen molar-refractivity contribution in [2.45, 2.75) is 35.3 Å². The fraction of sp³-hybridized carbons (Fsp3) is 0.333. The molecule has 1 aliphatic carbocycles. The molecular weight excluding hydrogens is 356 g/mol. The van der Waals surface area contributed by atoms with Gasteiger partial charge in [0, 0.05) is 16.6 Å². The number of carbonyl (C=O) groups is 1. The van der Waals surface area contributed by atoms with Gasteiger partial charge in [0.15, 0.2) is 19.7 Å². The molecule has 1 fully saturated rings. The minimum atomic E-state index is -3.81. The Balaban J connectivity index is 1.99. The summed E-state index contributed by atoms with van der Waals surface area (Å²) >= 11 is 7.09. The molecule has 1 aromatic carbocycles. The summed E-state index contributed by atoms with van der Waals surface area (Å²) in [7, 11) is -3.81. The van der Waals surface area contributed by atoms with Crippen molar-refractivity contribution in [2.75, 3.05) is 5.32 Å². The van der Waals surface area contributed by atoms with Gasteiger partial charge in [0.1, 0.15) is 0 Å². The molecule has 5 nitrogen and oxygen atoms in total. The predicted molar refractivity (Wildman–Crippen MR) is 90.6 cm³/mol. The molecule has 1 saturated carbocycles. The maximum Gasteiger partial charge on any atom is 0.248 e. The van der Waals surface area contributed by atoms with Crippen molar-refractivity contribution in [3.05, 3.63) is 40.9 Å². The fourth-order valence-electron chi connectivity index (χ4n) is 2.90. The van der Waals surface area contributed by atoms with Gasteiger partial charge in [0.05, 0.1) is 4.90 Å². The molecule has 2 aromatic rings. The van der Waals surface area contributed by atoms with Gasteiger partial charge in [-0.3, -0.25) is 4.79 Å². The quantitative estimate of drug-likeness (QED) is 0.893. The molecule has 1 amide bonds. The van der Waals surface area contributed by atoms with Crippen molar-refractivity contribution in [1.82, 2.24) is 4.98 Å². The summed E-state index contributed by atoms with van der Waals surface area (Å²) in [6.07, 6.45) is 3.61. The minimum Gasteiger partial charge on any atom is -0.301 e. The second kappa shape index (κ2) is 6.22. The highest BCUT2D eigenvalue weighted by Crippen LogP contribution is 2.41. The fourth-order valence-corrected chi connectivity index (χ4v) is 5.62. The Morgan fingerprint density at radius 3 is 2.43 bits per heavy atom. The number of sulfone groups is 1. The number of hydrogen-bond acceptors (Lipinski definition) is 5. The monoisotopic (exact) mass is 370 g/mol. The molecule has 0 unspecified atom stereocenters. The molecular formula is C15H15ClN2O3S2. The van der Waals surface area contributed by atoms with E-state index in [4.69, 9.17) is 11.6 Å². The molecule has 0 saturated heterocycles. The summed E-state index contributed by atoms with van der Waals surface area (Å²) in [6, 6.07) is 5.95. The van der Waals surface area contributed by atoms with E-state index in [2.05, 4.69) is 10.3 Å². The molecule has 23 heavy (non-hydrogen) atoms. The molecule has 0 atom stereocenters. The van der Waals surface area contributed by atoms with Gasteiger partial charge in [-0.1, -0.05) is 24.4 Å². The van der Waals surface area contributed by atoms with E-state index >= 15 is 0 Å². The van der Waals surface area contributed by atoms with Crippen LogP contribution in [0, 0.1) is 0 Å². The average molecular weight is 371 g/mol. The Kier molecular flexibility index (Phi) is 4.44. The smallest absolute Gasteiger partial charge is 0.248 e. The third-order valence-electron chi connectivity index (χ3n) is 4.12. The summed E-state index contributed by atoms with van der Waals surface area (Å²) in [6.45, 7) is 0. The highest BCUT2D eigenvalue weighted by Gasteiger charge is 2.53. The van der Waals surface area contributed by atoms with Gasteiger partial charge in [-0.25, -0.2) is 13.4 Å². The Morgan fingerprint density at radius 1 is 1.22 bits per heavy atom. The van der Waals surface area contributed by atoms with E-state index in [1.54, 1.807) is 11.6 Å². The lowest BCUT2D eigenvalue weighted by Gasteiger charge is -2.27. The maximum atomic E-state index is 13.1. The number of nitrogens with one attached hydrogen (secondary N) is 1. The second-order valence-electron chi connectivity index (χ2n) is 5.45. The van der Waals surface area contributed by atoms with Crippen molar-refractivity contribution in [2.24, 2.45) is 0 Å². The lowest BCUT2D eigenvalue weighted by atomic mass is 10.1. The van der Waals surface area contributed by atoms with Crippen LogP contribution in [-0.4, -0.2) is 24.1 Å². The zero-order chi connectivity index (χ0) is 16.5. The number of thiazole rings is 1. The van der Waals surface area contributed by atoms with Gasteiger partial charge in [0.2, 0.25) is 5.91 Å². The molecule has 8 heteroatoms. The van der Waals surface area contributed by atoms with Crippen molar-refractivity contribution in [3.63, 3.8) is 0 Å². The van der Waals surface area contributed by atoms with Crippen LogP contribution in [0.5, 0.6) is 0 Å². The van der Waals surface area contributed by atoms with E-state index < -0.39 is 20.5 Å². The van der Waals surface area contributed by atoms with E-state index in [1.165, 1.54) is 35.6 Å². The van der Waals surface area contributed by atoms with Crippen LogP contribution in [-0.2, 0) is 14.6 Å². The van der Waals surface area contributed by atoms with E-state index in [9.17, 15) is 13.2 Å². The number of amides is 1. The van der Waals surface area contributed by atoms with Crippen molar-refractivity contribution in [1.29, 1.82) is 0 Å². The molecule has 3 rings (SSSR count). The molecule has 122 valence electrons. The largest absolute Gasteiger partial charge is 0.301 e. The lowest BCUT2D eigenvalue weighted by Crippen LogP contribution is -2.47. The van der Waals surface area contributed by atoms with Gasteiger partial charge in [-0.05, 0) is 37.1 Å². The standard InChI is InChI=1S/C15H15ClN2O3S2/c16-11-3-5-12(6-4-11)23(20,21)15(7-1-2-8-15)13(19)18-14-17-9-10-22-14/h3-6,9-10H,1-2,7-8H2,(H,17,18,19). The Labute approximate surface area is 143 Å². The van der Waals surface area contributed by atoms with E-state index in [1.807, 2.05) is 0 Å². The molecule has 1 aromatic heterocycles. The van der Waals surface area contributed by atoms with E-state index in [0.29, 0.717) is 35.8 Å². The summed E-state index contributed by atoms with van der Waals surface area (Å²) in [5, 5.41) is 5.25. The van der Waals surface area contributed by atoms with Crippen LogP contribution in [0.3, 0.4) is 0 Å². The van der Waals surface area contributed by atoms with Crippen LogP contribution in [0.25, 0.3) is 0 Å². The Hall–Kier alpha value is -1.44. The van der Waals surface area contributed by atoms with E-state index in [0.717, 1.165) is 0 Å². The average Bonchev–Trinajstić information content (AvgIpc) is 3.19. The zero-order valence-corrected chi connectivity index (χ0v) is 14.5. The number of hydrogen-bond donors (Lipinski definition) is 1. The predicted octanol–water partition coefficient (Wildman–Crippen LogP) is 3.52. The van der Waals surface area contributed by atoms with Crippen molar-refractivity contribution in [3.8, 4) is 0 Å². The van der Waals surface area contributed by atoms with Gasteiger partial charge in [0.25, 0.3) is 0 Å². The van der Waals surface area contributed by atoms with Crippen molar-refractivity contribution < 1.29 is 13.2 Å². The third kappa shape index (κ3) is 2.88. The normalized spacial score (nSPS) is 17.1. The number of benzene rings is 1. The molecule has 1 aliphatic rings. The molecule has 0 radical (unpaired) electrons. The molecule has 0 bridgehead atoms. The first-order valence-electron chi connectivity index (χ1n) is 7.17. The summed E-state index contributed by atoms with van der Waals surface area (Å²) < 4.78 is 24.8. The van der Waals surface area contributed by atoms with Crippen LogP contribution < -0.4 is 5.32 Å². The van der Waals surface area contributed by atoms with Crippen LogP contribution in [0.1, 0.15) is 25.7 Å². The summed E-state index contributed by atoms with van der Waals surface area (Å²) in [5.41, 5.74) is 0. The maximum absolute atomic E-state index is 13.1. The highest BCUT2D eigenvalue weighted by atomic mass is 35.5. The summed E-state index contributed by atoms with van der Waals surface area (Å²) in [4.78, 5) is 16.9. The Bertz CT molecular complexity index is 796. The molecule has 0 aliphatic heterocycles. The number of anilines is 1. The second-order valence-corrected chi connectivity index (χ2v) is 9.04. The first-order chi connectivity index (χ1) is 11.0. The number of aromatic nitrogens is 1. The topological polar surface area (TPSA) is 76.1 Å². The molecule has 1 heterocycles. The Morgan fingerprint density at radius 2 is 1.87 bits per heavy atom. The lowest BCUT2D eigenvalue weighted by molar-refractivity contribution is -0.118. The van der Waals surface area contributed by atoms with Crippen LogP contribution in [0.4, 0.5) is 5.13 Å². The van der Waals surface area contributed by atoms with Crippen molar-refractivity contribution >= 4 is 43.8 Å². The van der Waals surface area contributed by atoms with Crippen LogP contribution in [0.2, 0.25) is 5.02 Å². The van der Waals surface area contributed by atoms with E-state index in [-0.39, 0.29) is 4.90 Å². The number of rotatable bonds is 4. The minimum absolute atomic E-state index is 0.123. The first kappa shape index (κ1) is 16.4. The van der Waals surface area contributed by atoms with Crippen LogP contribution >= 0.6 is 22.9 Å². The number of carbonyl (C=O) groups excluding carboxylic acids is 1. The number of nitrogens with zero attached hydrogens (tertiary/aromatic N) is 1. The first-order valence-corrected chi connectivity index (χ1v) is 9.91. The SMILES string of the molecule is O=C(Nc1nccs1)C1(S(=O)(=O)c2ccc(Cl)cc2)CCCC1. The summed E-state index contributed by atoms with van der Waals surface area (Å²) in [5.74, 6) is -0.500. The zero-order valence-electron chi connectivity index (χ0n) is 12.2. The van der Waals surface area contributed by atoms with Gasteiger partial charge >= 0.3 is 0 Å². The van der Waals surface area contributed by atoms with Crippen LogP contribution in [0.15, 0.2) is 40.7 Å². The number of halogens is 1. The third-order valence-corrected chi connectivity index (χ3v) is 7.57. The highest BCUT2D eigenvalue weighted by molar-refractivity contribution is 7.93. The van der Waals surface area contributed by atoms with Gasteiger partial charge in [-0.2, -0.15) is 0 Å². The van der Waals surface area contributed by atoms with Gasteiger partial charge < -0.3 is 5.32 Å². The molecule has 1 N–H and O–H groups in total.